The van der Waals surface area contributed by atoms with E-state index in [1.54, 1.807) is 0 Å². The molecule has 2 aliphatic rings. The fourth-order valence-corrected chi connectivity index (χ4v) is 3.70. The van der Waals surface area contributed by atoms with E-state index in [0.29, 0.717) is 25.9 Å². The van der Waals surface area contributed by atoms with Crippen molar-refractivity contribution >= 4 is 29.5 Å². The Morgan fingerprint density at radius 1 is 1.00 bits per heavy atom. The SMILES string of the molecule is Cc1ccc(SCC(=O)NNC(=O)C2CCN(C(=O)C3CC3)CC2)cc1. The predicted octanol–water partition coefficient (Wildman–Crippen LogP) is 1.88. The van der Waals surface area contributed by atoms with Crippen LogP contribution in [0.4, 0.5) is 0 Å². The molecule has 2 fully saturated rings. The molecule has 26 heavy (non-hydrogen) atoms. The van der Waals surface area contributed by atoms with Gasteiger partial charge in [0.2, 0.25) is 17.7 Å². The number of nitrogens with one attached hydrogen (secondary N) is 2. The molecule has 0 spiro atoms. The molecular weight excluding hydrogens is 350 g/mol. The molecule has 0 unspecified atom stereocenters. The zero-order chi connectivity index (χ0) is 18.5. The van der Waals surface area contributed by atoms with Gasteiger partial charge in [-0.2, -0.15) is 0 Å². The van der Waals surface area contributed by atoms with E-state index in [4.69, 9.17) is 0 Å². The quantitative estimate of drug-likeness (QED) is 0.608. The second kappa shape index (κ2) is 8.58. The van der Waals surface area contributed by atoms with E-state index in [2.05, 4.69) is 10.9 Å². The average Bonchev–Trinajstić information content (AvgIpc) is 3.50. The van der Waals surface area contributed by atoms with Crippen molar-refractivity contribution in [1.82, 2.24) is 15.8 Å². The van der Waals surface area contributed by atoms with Gasteiger partial charge in [-0.25, -0.2) is 0 Å². The Balaban J connectivity index is 1.34. The summed E-state index contributed by atoms with van der Waals surface area (Å²) in [6.45, 7) is 3.28. The van der Waals surface area contributed by atoms with Crippen molar-refractivity contribution in [2.24, 2.45) is 11.8 Å². The highest BCUT2D eigenvalue weighted by Gasteiger charge is 2.35. The number of hydrazine groups is 1. The van der Waals surface area contributed by atoms with Crippen LogP contribution in [0.2, 0.25) is 0 Å². The largest absolute Gasteiger partial charge is 0.342 e. The molecule has 2 N–H and O–H groups in total. The lowest BCUT2D eigenvalue weighted by Gasteiger charge is -2.31. The van der Waals surface area contributed by atoms with E-state index in [0.717, 1.165) is 17.7 Å². The highest BCUT2D eigenvalue weighted by molar-refractivity contribution is 8.00. The van der Waals surface area contributed by atoms with Gasteiger partial charge < -0.3 is 4.90 Å². The van der Waals surface area contributed by atoms with Gasteiger partial charge in [0.15, 0.2) is 0 Å². The minimum absolute atomic E-state index is 0.150. The molecule has 0 bridgehead atoms. The van der Waals surface area contributed by atoms with Crippen LogP contribution in [0.5, 0.6) is 0 Å². The number of carbonyl (C=O) groups is 3. The highest BCUT2D eigenvalue weighted by Crippen LogP contribution is 2.32. The van der Waals surface area contributed by atoms with Crippen molar-refractivity contribution in [3.63, 3.8) is 0 Å². The topological polar surface area (TPSA) is 78.5 Å². The number of hydrogen-bond donors (Lipinski definition) is 2. The first-order chi connectivity index (χ1) is 12.5. The summed E-state index contributed by atoms with van der Waals surface area (Å²) in [7, 11) is 0. The maximum absolute atomic E-state index is 12.2. The Hall–Kier alpha value is -2.02. The zero-order valence-electron chi connectivity index (χ0n) is 15.0. The molecule has 1 saturated carbocycles. The molecule has 140 valence electrons. The number of likely N-dealkylation sites (tertiary alicyclic amines) is 1. The molecule has 1 saturated heterocycles. The van der Waals surface area contributed by atoms with Gasteiger partial charge in [0, 0.05) is 29.8 Å². The molecule has 0 radical (unpaired) electrons. The number of piperidine rings is 1. The Kier molecular flexibility index (Phi) is 6.19. The van der Waals surface area contributed by atoms with Crippen molar-refractivity contribution in [3.05, 3.63) is 29.8 Å². The maximum Gasteiger partial charge on any atom is 0.248 e. The minimum atomic E-state index is -0.231. The van der Waals surface area contributed by atoms with Crippen LogP contribution < -0.4 is 10.9 Å². The third-order valence-corrected chi connectivity index (χ3v) is 5.83. The van der Waals surface area contributed by atoms with Crippen LogP contribution in [0.1, 0.15) is 31.2 Å². The van der Waals surface area contributed by atoms with Gasteiger partial charge in [-0.1, -0.05) is 17.7 Å². The Labute approximate surface area is 158 Å². The van der Waals surface area contributed by atoms with Crippen molar-refractivity contribution in [2.75, 3.05) is 18.8 Å². The summed E-state index contributed by atoms with van der Waals surface area (Å²) in [5, 5.41) is 0. The first-order valence-electron chi connectivity index (χ1n) is 9.10. The summed E-state index contributed by atoms with van der Waals surface area (Å²) in [6, 6.07) is 7.95. The van der Waals surface area contributed by atoms with Crippen LogP contribution in [0.25, 0.3) is 0 Å². The van der Waals surface area contributed by atoms with E-state index < -0.39 is 0 Å². The molecule has 1 aliphatic carbocycles. The molecule has 0 aromatic heterocycles. The normalized spacial score (nSPS) is 17.7. The lowest BCUT2D eigenvalue weighted by Crippen LogP contribution is -2.48. The van der Waals surface area contributed by atoms with Crippen molar-refractivity contribution in [1.29, 1.82) is 0 Å². The first kappa shape index (κ1) is 18.8. The molecule has 1 aromatic carbocycles. The second-order valence-corrected chi connectivity index (χ2v) is 8.06. The summed E-state index contributed by atoms with van der Waals surface area (Å²) in [4.78, 5) is 39.0. The van der Waals surface area contributed by atoms with Gasteiger partial charge in [0.1, 0.15) is 0 Å². The number of rotatable bonds is 5. The van der Waals surface area contributed by atoms with Gasteiger partial charge in [-0.3, -0.25) is 25.2 Å². The second-order valence-electron chi connectivity index (χ2n) is 7.01. The monoisotopic (exact) mass is 375 g/mol. The number of thioether (sulfide) groups is 1. The molecule has 0 atom stereocenters. The molecule has 1 aromatic rings. The van der Waals surface area contributed by atoms with Crippen molar-refractivity contribution in [3.8, 4) is 0 Å². The molecule has 3 rings (SSSR count). The number of benzene rings is 1. The Morgan fingerprint density at radius 3 is 2.27 bits per heavy atom. The summed E-state index contributed by atoms with van der Waals surface area (Å²) < 4.78 is 0. The van der Waals surface area contributed by atoms with E-state index in [9.17, 15) is 14.4 Å². The van der Waals surface area contributed by atoms with Crippen LogP contribution >= 0.6 is 11.8 Å². The van der Waals surface area contributed by atoms with Gasteiger partial charge in [0.05, 0.1) is 5.75 Å². The lowest BCUT2D eigenvalue weighted by molar-refractivity contribution is -0.137. The molecule has 1 aliphatic heterocycles. The first-order valence-corrected chi connectivity index (χ1v) is 10.1. The van der Waals surface area contributed by atoms with Crippen LogP contribution in [0, 0.1) is 18.8 Å². The number of carbonyl (C=O) groups excluding carboxylic acids is 3. The third kappa shape index (κ3) is 5.24. The third-order valence-electron chi connectivity index (χ3n) is 4.82. The standard InChI is InChI=1S/C19H25N3O3S/c1-13-2-6-16(7-3-13)26-12-17(23)20-21-18(24)14-8-10-22(11-9-14)19(25)15-4-5-15/h2-3,6-7,14-15H,4-5,8-12H2,1H3,(H,20,23)(H,21,24). The van der Waals surface area contributed by atoms with E-state index >= 15 is 0 Å². The zero-order valence-corrected chi connectivity index (χ0v) is 15.8. The summed E-state index contributed by atoms with van der Waals surface area (Å²) in [6.07, 6.45) is 3.31. The van der Waals surface area contributed by atoms with Gasteiger partial charge in [0.25, 0.3) is 0 Å². The number of aryl methyl sites for hydroxylation is 1. The van der Waals surface area contributed by atoms with Crippen LogP contribution in [0.3, 0.4) is 0 Å². The van der Waals surface area contributed by atoms with Gasteiger partial charge >= 0.3 is 0 Å². The Bertz CT molecular complexity index is 665. The van der Waals surface area contributed by atoms with E-state index in [-0.39, 0.29) is 35.3 Å². The van der Waals surface area contributed by atoms with Crippen molar-refractivity contribution in [2.45, 2.75) is 37.5 Å². The summed E-state index contributed by atoms with van der Waals surface area (Å²) in [5.41, 5.74) is 6.18. The fraction of sp³-hybridized carbons (Fsp3) is 0.526. The minimum Gasteiger partial charge on any atom is -0.342 e. The van der Waals surface area contributed by atoms with Crippen LogP contribution in [-0.4, -0.2) is 41.5 Å². The fourth-order valence-electron chi connectivity index (χ4n) is 3.00. The van der Waals surface area contributed by atoms with Gasteiger partial charge in [-0.05, 0) is 44.7 Å². The molecular formula is C19H25N3O3S. The molecule has 3 amide bonds. The number of amides is 3. The Morgan fingerprint density at radius 2 is 1.65 bits per heavy atom. The smallest absolute Gasteiger partial charge is 0.248 e. The number of hydrogen-bond acceptors (Lipinski definition) is 4. The summed E-state index contributed by atoms with van der Waals surface area (Å²) >= 11 is 1.43. The predicted molar refractivity (Wildman–Crippen MR) is 100 cm³/mol. The van der Waals surface area contributed by atoms with Crippen LogP contribution in [0.15, 0.2) is 29.2 Å². The van der Waals surface area contributed by atoms with Gasteiger partial charge in [-0.15, -0.1) is 11.8 Å². The lowest BCUT2D eigenvalue weighted by atomic mass is 9.96. The molecule has 6 nitrogen and oxygen atoms in total. The van der Waals surface area contributed by atoms with Crippen molar-refractivity contribution < 1.29 is 14.4 Å². The molecule has 7 heteroatoms. The number of nitrogens with zero attached hydrogens (tertiary/aromatic N) is 1. The maximum atomic E-state index is 12.2. The van der Waals surface area contributed by atoms with E-state index in [1.165, 1.54) is 17.3 Å². The van der Waals surface area contributed by atoms with Crippen LogP contribution in [-0.2, 0) is 14.4 Å². The van der Waals surface area contributed by atoms with E-state index in [1.807, 2.05) is 36.1 Å². The molecule has 1 heterocycles. The average molecular weight is 375 g/mol. The summed E-state index contributed by atoms with van der Waals surface area (Å²) in [5.74, 6) is 0.166. The highest BCUT2D eigenvalue weighted by atomic mass is 32.2.